The van der Waals surface area contributed by atoms with E-state index < -0.39 is 7.82 Å². The summed E-state index contributed by atoms with van der Waals surface area (Å²) < 4.78 is 32.8. The van der Waals surface area contributed by atoms with Crippen molar-refractivity contribution in [1.29, 1.82) is 0 Å². The van der Waals surface area contributed by atoms with Gasteiger partial charge in [0.05, 0.1) is 26.4 Å². The molecule has 0 aliphatic heterocycles. The molecule has 1 N–H and O–H groups in total. The van der Waals surface area contributed by atoms with Crippen molar-refractivity contribution in [3.63, 3.8) is 0 Å². The highest BCUT2D eigenvalue weighted by molar-refractivity contribution is 7.47. The van der Waals surface area contributed by atoms with E-state index >= 15 is 0 Å². The van der Waals surface area contributed by atoms with Crippen molar-refractivity contribution in [3.05, 3.63) is 42.0 Å². The summed E-state index contributed by atoms with van der Waals surface area (Å²) in [6.45, 7) is 5.72. The number of aryl methyl sites for hydroxylation is 1. The second-order valence-electron chi connectivity index (χ2n) is 11.1. The van der Waals surface area contributed by atoms with E-state index in [2.05, 4.69) is 13.0 Å². The molecule has 1 atom stereocenters. The summed E-state index contributed by atoms with van der Waals surface area (Å²) in [5.74, 6) is 0.472. The highest BCUT2D eigenvalue weighted by Gasteiger charge is 2.25. The third-order valence-electron chi connectivity index (χ3n) is 7.53. The average Bonchev–Trinajstić information content (AvgIpc) is 2.99. The number of benzene rings is 2. The standard InChI is InChI=1S/C34H57O7P/c1-3-5-6-7-8-9-10-11-12-13-14-15-16-17-18-19-23-32-26-25-31-22-20-21-24-33(31)34(32)40-41-42(35,36)39-30-29-38-28-27-37-4-2/h20-22,24-26H,3-19,23,27-30H2,1-2H3,(H,35,36). The van der Waals surface area contributed by atoms with Crippen LogP contribution in [0.2, 0.25) is 0 Å². The Morgan fingerprint density at radius 3 is 1.81 bits per heavy atom. The van der Waals surface area contributed by atoms with Crippen LogP contribution in [0.3, 0.4) is 0 Å². The molecular formula is C34H57O7P. The maximum atomic E-state index is 12.4. The first-order valence-electron chi connectivity index (χ1n) is 16.6. The number of hydrogen-bond donors (Lipinski definition) is 1. The van der Waals surface area contributed by atoms with Crippen LogP contribution in [0, 0.1) is 0 Å². The molecule has 0 aliphatic carbocycles. The van der Waals surface area contributed by atoms with Crippen LogP contribution in [0.25, 0.3) is 10.8 Å². The molecule has 7 nitrogen and oxygen atoms in total. The normalized spacial score (nSPS) is 13.0. The Hall–Kier alpha value is -1.47. The van der Waals surface area contributed by atoms with Crippen molar-refractivity contribution in [2.45, 2.75) is 123 Å². The summed E-state index contributed by atoms with van der Waals surface area (Å²) >= 11 is 0. The van der Waals surface area contributed by atoms with Gasteiger partial charge in [0, 0.05) is 12.0 Å². The van der Waals surface area contributed by atoms with Crippen molar-refractivity contribution >= 4 is 18.6 Å². The van der Waals surface area contributed by atoms with Crippen molar-refractivity contribution < 1.29 is 33.0 Å². The monoisotopic (exact) mass is 608 g/mol. The topological polar surface area (TPSA) is 83.5 Å². The molecule has 8 heteroatoms. The van der Waals surface area contributed by atoms with Gasteiger partial charge in [0.2, 0.25) is 0 Å². The lowest BCUT2D eigenvalue weighted by atomic mass is 10.00. The molecule has 0 spiro atoms. The van der Waals surface area contributed by atoms with Gasteiger partial charge in [-0.25, -0.2) is 4.57 Å². The summed E-state index contributed by atoms with van der Waals surface area (Å²) in [6, 6.07) is 11.9. The lowest BCUT2D eigenvalue weighted by Gasteiger charge is -2.15. The van der Waals surface area contributed by atoms with Gasteiger partial charge in [-0.05, 0) is 30.7 Å². The van der Waals surface area contributed by atoms with Crippen molar-refractivity contribution in [3.8, 4) is 5.75 Å². The van der Waals surface area contributed by atoms with E-state index in [-0.39, 0.29) is 13.2 Å². The lowest BCUT2D eigenvalue weighted by Crippen LogP contribution is -2.09. The fraction of sp³-hybridized carbons (Fsp3) is 0.706. The second kappa shape index (κ2) is 23.9. The van der Waals surface area contributed by atoms with Gasteiger partial charge in [-0.2, -0.15) is 0 Å². The minimum Gasteiger partial charge on any atom is -0.379 e. The molecule has 2 aromatic carbocycles. The first-order valence-corrected chi connectivity index (χ1v) is 18.1. The molecule has 1 unspecified atom stereocenters. The Morgan fingerprint density at radius 2 is 1.19 bits per heavy atom. The molecule has 0 bridgehead atoms. The Bertz CT molecular complexity index is 984. The highest BCUT2D eigenvalue weighted by atomic mass is 31.2. The van der Waals surface area contributed by atoms with E-state index in [9.17, 15) is 9.46 Å². The first kappa shape index (κ1) is 36.7. The van der Waals surface area contributed by atoms with Gasteiger partial charge < -0.3 is 19.3 Å². The van der Waals surface area contributed by atoms with Crippen LogP contribution in [-0.2, 0) is 29.7 Å². The first-order chi connectivity index (χ1) is 20.6. The summed E-state index contributed by atoms with van der Waals surface area (Å²) in [6.07, 6.45) is 22.1. The fourth-order valence-corrected chi connectivity index (χ4v) is 5.65. The smallest absolute Gasteiger partial charge is 0.379 e. The van der Waals surface area contributed by atoms with E-state index in [0.717, 1.165) is 35.6 Å². The van der Waals surface area contributed by atoms with Crippen LogP contribution >= 0.6 is 7.82 Å². The zero-order valence-corrected chi connectivity index (χ0v) is 27.3. The maximum absolute atomic E-state index is 12.4. The molecule has 0 saturated heterocycles. The minimum atomic E-state index is -4.41. The Morgan fingerprint density at radius 1 is 0.643 bits per heavy atom. The van der Waals surface area contributed by atoms with Crippen LogP contribution in [0.4, 0.5) is 0 Å². The molecule has 0 fully saturated rings. The maximum Gasteiger partial charge on any atom is 0.508 e. The summed E-state index contributed by atoms with van der Waals surface area (Å²) in [7, 11) is -4.41. The zero-order valence-electron chi connectivity index (χ0n) is 26.4. The van der Waals surface area contributed by atoms with Gasteiger partial charge in [-0.1, -0.05) is 144 Å². The molecule has 0 aliphatic rings. The van der Waals surface area contributed by atoms with E-state index in [1.807, 2.05) is 37.3 Å². The predicted molar refractivity (Wildman–Crippen MR) is 172 cm³/mol. The zero-order chi connectivity index (χ0) is 30.1. The van der Waals surface area contributed by atoms with E-state index in [1.165, 1.54) is 89.9 Å². The molecule has 0 saturated carbocycles. The van der Waals surface area contributed by atoms with Crippen molar-refractivity contribution in [2.75, 3.05) is 33.0 Å². The van der Waals surface area contributed by atoms with Crippen LogP contribution < -0.4 is 4.89 Å². The van der Waals surface area contributed by atoms with E-state index in [1.54, 1.807) is 0 Å². The Balaban J connectivity index is 1.65. The molecule has 2 rings (SSSR count). The summed E-state index contributed by atoms with van der Waals surface area (Å²) in [5.41, 5.74) is 0.957. The van der Waals surface area contributed by atoms with Crippen LogP contribution in [0.15, 0.2) is 36.4 Å². The Kier molecular flexibility index (Phi) is 20.9. The van der Waals surface area contributed by atoms with E-state index in [0.29, 0.717) is 25.6 Å². The third-order valence-corrected chi connectivity index (χ3v) is 8.31. The quantitative estimate of drug-likeness (QED) is 0.0445. The van der Waals surface area contributed by atoms with Crippen LogP contribution in [0.5, 0.6) is 5.75 Å². The van der Waals surface area contributed by atoms with E-state index in [4.69, 9.17) is 23.6 Å². The van der Waals surface area contributed by atoms with Crippen molar-refractivity contribution in [2.24, 2.45) is 0 Å². The molecule has 240 valence electrons. The number of phosphoric ester groups is 1. The number of fused-ring (bicyclic) bond motifs is 1. The second-order valence-corrected chi connectivity index (χ2v) is 12.4. The predicted octanol–water partition coefficient (Wildman–Crippen LogP) is 10.1. The number of rotatable bonds is 28. The molecule has 0 heterocycles. The summed E-state index contributed by atoms with van der Waals surface area (Å²) in [4.78, 5) is 15.6. The van der Waals surface area contributed by atoms with Gasteiger partial charge >= 0.3 is 7.82 Å². The molecule has 0 aromatic heterocycles. The number of phosphoric acid groups is 1. The van der Waals surface area contributed by atoms with Crippen molar-refractivity contribution in [1.82, 2.24) is 0 Å². The van der Waals surface area contributed by atoms with Crippen LogP contribution in [-0.4, -0.2) is 37.9 Å². The SMILES string of the molecule is CCCCCCCCCCCCCCCCCCc1ccc2ccccc2c1OOP(=O)(O)OCCOCCOCC. The summed E-state index contributed by atoms with van der Waals surface area (Å²) in [5, 5.41) is 1.81. The molecule has 0 radical (unpaired) electrons. The number of hydrogen-bond acceptors (Lipinski definition) is 6. The lowest BCUT2D eigenvalue weighted by molar-refractivity contribution is -0.128. The minimum absolute atomic E-state index is 0.0924. The molecule has 2 aromatic rings. The number of unbranched alkanes of at least 4 members (excludes halogenated alkanes) is 15. The van der Waals surface area contributed by atoms with Gasteiger partial charge in [-0.15, -0.1) is 0 Å². The van der Waals surface area contributed by atoms with Gasteiger partial charge in [0.25, 0.3) is 0 Å². The number of ether oxygens (including phenoxy) is 2. The molecule has 42 heavy (non-hydrogen) atoms. The largest absolute Gasteiger partial charge is 0.508 e. The fourth-order valence-electron chi connectivity index (χ4n) is 5.13. The third kappa shape index (κ3) is 17.0. The average molecular weight is 609 g/mol. The van der Waals surface area contributed by atoms with Crippen LogP contribution in [0.1, 0.15) is 122 Å². The van der Waals surface area contributed by atoms with Gasteiger partial charge in [0.1, 0.15) is 0 Å². The molecule has 0 amide bonds. The van der Waals surface area contributed by atoms with Gasteiger partial charge in [-0.3, -0.25) is 4.52 Å². The molecular weight excluding hydrogens is 551 g/mol. The highest BCUT2D eigenvalue weighted by Crippen LogP contribution is 2.45. The Labute approximate surface area is 255 Å². The van der Waals surface area contributed by atoms with Gasteiger partial charge in [0.15, 0.2) is 5.75 Å².